The summed E-state index contributed by atoms with van der Waals surface area (Å²) < 4.78 is 5.67. The van der Waals surface area contributed by atoms with Crippen LogP contribution < -0.4 is 5.32 Å². The fourth-order valence-electron chi connectivity index (χ4n) is 2.78. The number of nitrogens with zero attached hydrogens (tertiary/aromatic N) is 1. The maximum Gasteiger partial charge on any atom is 0.230 e. The van der Waals surface area contributed by atoms with Crippen LogP contribution in [0.25, 0.3) is 0 Å². The summed E-state index contributed by atoms with van der Waals surface area (Å²) >= 11 is 0. The summed E-state index contributed by atoms with van der Waals surface area (Å²) in [5, 5.41) is 12.1. The Morgan fingerprint density at radius 3 is 2.95 bits per heavy atom. The summed E-state index contributed by atoms with van der Waals surface area (Å²) in [6.07, 6.45) is 3.45. The molecule has 21 heavy (non-hydrogen) atoms. The van der Waals surface area contributed by atoms with Crippen LogP contribution in [0.3, 0.4) is 0 Å². The van der Waals surface area contributed by atoms with Crippen molar-refractivity contribution in [2.24, 2.45) is 5.92 Å². The van der Waals surface area contributed by atoms with Gasteiger partial charge in [0.25, 0.3) is 0 Å². The maximum absolute atomic E-state index is 12.5. The maximum atomic E-state index is 12.5. The summed E-state index contributed by atoms with van der Waals surface area (Å²) in [5.41, 5.74) is 2.21. The summed E-state index contributed by atoms with van der Waals surface area (Å²) in [6.45, 7) is 4.81. The van der Waals surface area contributed by atoms with Crippen LogP contribution in [0.2, 0.25) is 0 Å². The minimum Gasteiger partial charge on any atom is -0.377 e. The van der Waals surface area contributed by atoms with Crippen molar-refractivity contribution in [3.63, 3.8) is 0 Å². The van der Waals surface area contributed by atoms with Gasteiger partial charge in [-0.05, 0) is 43.4 Å². The molecule has 1 fully saturated rings. The number of ether oxygens (including phenoxy) is 1. The second-order valence-corrected chi connectivity index (χ2v) is 5.40. The Morgan fingerprint density at radius 1 is 1.48 bits per heavy atom. The van der Waals surface area contributed by atoms with Gasteiger partial charge in [-0.2, -0.15) is 5.26 Å². The Kier molecular flexibility index (Phi) is 5.35. The van der Waals surface area contributed by atoms with Gasteiger partial charge < -0.3 is 10.1 Å². The minimum atomic E-state index is -0.124. The molecule has 1 N–H and O–H groups in total. The molecule has 1 amide bonds. The van der Waals surface area contributed by atoms with Crippen LogP contribution in [-0.2, 0) is 16.0 Å². The third kappa shape index (κ3) is 3.62. The van der Waals surface area contributed by atoms with E-state index >= 15 is 0 Å². The molecule has 1 aromatic carbocycles. The number of benzene rings is 1. The quantitative estimate of drug-likeness (QED) is 0.924. The Hall–Kier alpha value is -1.86. The number of anilines is 1. The Labute approximate surface area is 126 Å². The van der Waals surface area contributed by atoms with E-state index in [1.807, 2.05) is 32.0 Å². The predicted octanol–water partition coefficient (Wildman–Crippen LogP) is 3.26. The first kappa shape index (κ1) is 15.5. The van der Waals surface area contributed by atoms with E-state index < -0.39 is 0 Å². The zero-order valence-electron chi connectivity index (χ0n) is 12.7. The standard InChI is InChI=1S/C17H22N2O2/c1-3-12-7-8-15(13(10-12)11-18)19-17(20)14-6-5-9-21-16(14)4-2/h7-8,10,14,16H,3-6,9H2,1-2H3,(H,19,20)/t14-,16+/m0/s1. The van der Waals surface area contributed by atoms with E-state index in [-0.39, 0.29) is 17.9 Å². The summed E-state index contributed by atoms with van der Waals surface area (Å²) in [7, 11) is 0. The molecule has 112 valence electrons. The molecule has 1 saturated heterocycles. The number of nitrogens with one attached hydrogen (secondary N) is 1. The molecule has 0 spiro atoms. The zero-order chi connectivity index (χ0) is 15.2. The van der Waals surface area contributed by atoms with Crippen LogP contribution in [0.5, 0.6) is 0 Å². The van der Waals surface area contributed by atoms with Crippen molar-refractivity contribution >= 4 is 11.6 Å². The molecular weight excluding hydrogens is 264 g/mol. The summed E-state index contributed by atoms with van der Waals surface area (Å²) in [5.74, 6) is -0.163. The lowest BCUT2D eigenvalue weighted by Crippen LogP contribution is -2.37. The van der Waals surface area contributed by atoms with E-state index in [1.165, 1.54) is 0 Å². The lowest BCUT2D eigenvalue weighted by Gasteiger charge is -2.30. The molecule has 4 heteroatoms. The van der Waals surface area contributed by atoms with Crippen LogP contribution in [0, 0.1) is 17.2 Å². The number of amides is 1. The van der Waals surface area contributed by atoms with Crippen LogP contribution in [0.4, 0.5) is 5.69 Å². The van der Waals surface area contributed by atoms with Gasteiger partial charge in [-0.15, -0.1) is 0 Å². The summed E-state index contributed by atoms with van der Waals surface area (Å²) in [6, 6.07) is 7.76. The van der Waals surface area contributed by atoms with Crippen LogP contribution in [0.1, 0.15) is 44.2 Å². The fourth-order valence-corrected chi connectivity index (χ4v) is 2.78. The van der Waals surface area contributed by atoms with Crippen molar-refractivity contribution in [1.82, 2.24) is 0 Å². The van der Waals surface area contributed by atoms with Crippen molar-refractivity contribution < 1.29 is 9.53 Å². The lowest BCUT2D eigenvalue weighted by molar-refractivity contribution is -0.129. The SMILES string of the molecule is CCc1ccc(NC(=O)[C@H]2CCCO[C@@H]2CC)c(C#N)c1. The van der Waals surface area contributed by atoms with Crippen molar-refractivity contribution in [2.75, 3.05) is 11.9 Å². The third-order valence-corrected chi connectivity index (χ3v) is 4.05. The smallest absolute Gasteiger partial charge is 0.230 e. The van der Waals surface area contributed by atoms with Crippen LogP contribution >= 0.6 is 0 Å². The van der Waals surface area contributed by atoms with Crippen molar-refractivity contribution in [3.05, 3.63) is 29.3 Å². The van der Waals surface area contributed by atoms with Crippen molar-refractivity contribution in [3.8, 4) is 6.07 Å². The molecule has 2 rings (SSSR count). The molecule has 0 radical (unpaired) electrons. The highest BCUT2D eigenvalue weighted by Gasteiger charge is 2.30. The van der Waals surface area contributed by atoms with Gasteiger partial charge in [-0.1, -0.05) is 19.9 Å². The number of nitriles is 1. The van der Waals surface area contributed by atoms with E-state index in [0.29, 0.717) is 11.3 Å². The van der Waals surface area contributed by atoms with E-state index in [4.69, 9.17) is 4.74 Å². The zero-order valence-corrected chi connectivity index (χ0v) is 12.7. The Balaban J connectivity index is 2.13. The lowest BCUT2D eigenvalue weighted by atomic mass is 9.91. The molecule has 1 aliphatic heterocycles. The average molecular weight is 286 g/mol. The minimum absolute atomic E-state index is 0.0146. The van der Waals surface area contributed by atoms with E-state index in [9.17, 15) is 10.1 Å². The molecule has 2 atom stereocenters. The van der Waals surface area contributed by atoms with Crippen LogP contribution in [-0.4, -0.2) is 18.6 Å². The highest BCUT2D eigenvalue weighted by Crippen LogP contribution is 2.26. The van der Waals surface area contributed by atoms with Gasteiger partial charge in [0.2, 0.25) is 5.91 Å². The second kappa shape index (κ2) is 7.24. The average Bonchev–Trinajstić information content (AvgIpc) is 2.55. The van der Waals surface area contributed by atoms with Crippen LogP contribution in [0.15, 0.2) is 18.2 Å². The second-order valence-electron chi connectivity index (χ2n) is 5.40. The topological polar surface area (TPSA) is 62.1 Å². The Morgan fingerprint density at radius 2 is 2.29 bits per heavy atom. The molecule has 1 heterocycles. The molecule has 1 aliphatic rings. The number of rotatable bonds is 4. The molecule has 0 aliphatic carbocycles. The molecule has 0 bridgehead atoms. The first-order valence-corrected chi connectivity index (χ1v) is 7.65. The highest BCUT2D eigenvalue weighted by molar-refractivity contribution is 5.94. The molecule has 1 aromatic rings. The number of carbonyl (C=O) groups is 1. The first-order valence-electron chi connectivity index (χ1n) is 7.65. The van der Waals surface area contributed by atoms with Gasteiger partial charge in [-0.3, -0.25) is 4.79 Å². The van der Waals surface area contributed by atoms with Gasteiger partial charge in [0.1, 0.15) is 6.07 Å². The molecule has 0 unspecified atom stereocenters. The largest absolute Gasteiger partial charge is 0.377 e. The van der Waals surface area contributed by atoms with E-state index in [2.05, 4.69) is 11.4 Å². The molecule has 4 nitrogen and oxygen atoms in total. The predicted molar refractivity (Wildman–Crippen MR) is 81.9 cm³/mol. The van der Waals surface area contributed by atoms with Gasteiger partial charge >= 0.3 is 0 Å². The monoisotopic (exact) mass is 286 g/mol. The number of hydrogen-bond donors (Lipinski definition) is 1. The van der Waals surface area contributed by atoms with Crippen molar-refractivity contribution in [1.29, 1.82) is 5.26 Å². The third-order valence-electron chi connectivity index (χ3n) is 4.05. The van der Waals surface area contributed by atoms with Gasteiger partial charge in [0.15, 0.2) is 0 Å². The van der Waals surface area contributed by atoms with E-state index in [1.54, 1.807) is 0 Å². The first-order chi connectivity index (χ1) is 10.2. The Bertz CT molecular complexity index is 548. The van der Waals surface area contributed by atoms with E-state index in [0.717, 1.165) is 37.9 Å². The van der Waals surface area contributed by atoms with Crippen molar-refractivity contribution in [2.45, 2.75) is 45.6 Å². The molecular formula is C17H22N2O2. The van der Waals surface area contributed by atoms with Gasteiger partial charge in [-0.25, -0.2) is 0 Å². The molecule has 0 aromatic heterocycles. The van der Waals surface area contributed by atoms with Gasteiger partial charge in [0.05, 0.1) is 23.3 Å². The van der Waals surface area contributed by atoms with Gasteiger partial charge in [0, 0.05) is 6.61 Å². The number of hydrogen-bond acceptors (Lipinski definition) is 3. The normalized spacial score (nSPS) is 21.6. The number of aryl methyl sites for hydroxylation is 1. The number of carbonyl (C=O) groups excluding carboxylic acids is 1. The fraction of sp³-hybridized carbons (Fsp3) is 0.529. The highest BCUT2D eigenvalue weighted by atomic mass is 16.5. The summed E-state index contributed by atoms with van der Waals surface area (Å²) in [4.78, 5) is 12.5. The molecule has 0 saturated carbocycles.